The molecule has 2 atom stereocenters. The van der Waals surface area contributed by atoms with Gasteiger partial charge in [-0.15, -0.1) is 11.8 Å². The number of aliphatic hydroxyl groups excluding tert-OH is 1. The zero-order valence-corrected chi connectivity index (χ0v) is 20.6. The van der Waals surface area contributed by atoms with Crippen LogP contribution in [0.3, 0.4) is 0 Å². The number of thioether (sulfide) groups is 1. The largest absolute Gasteiger partial charge is 0.481 e. The number of fused-ring (bicyclic) bond motifs is 2. The zero-order valence-electron chi connectivity index (χ0n) is 19.7. The smallest absolute Gasteiger partial charge is 0.235 e. The van der Waals surface area contributed by atoms with Gasteiger partial charge in [0.1, 0.15) is 17.2 Å². The first-order chi connectivity index (χ1) is 17.5. The molecule has 3 N–H and O–H groups in total. The summed E-state index contributed by atoms with van der Waals surface area (Å²) in [5, 5.41) is 17.1. The van der Waals surface area contributed by atoms with Crippen molar-refractivity contribution in [2.75, 3.05) is 51.0 Å². The number of nitrogens with one attached hydrogen (secondary N) is 2. The number of nitrogens with zero attached hydrogens (tertiary/aromatic N) is 4. The molecule has 1 amide bonds. The molecule has 1 fully saturated rings. The number of methoxy groups -OCH3 is 1. The van der Waals surface area contributed by atoms with Gasteiger partial charge in [0, 0.05) is 44.4 Å². The van der Waals surface area contributed by atoms with E-state index in [1.165, 1.54) is 18.9 Å². The predicted molar refractivity (Wildman–Crippen MR) is 132 cm³/mol. The number of carbonyl (C=O) groups excluding carboxylic acids is 1. The first kappa shape index (κ1) is 24.8. The Morgan fingerprint density at radius 3 is 3.11 bits per heavy atom. The highest BCUT2D eigenvalue weighted by Gasteiger charge is 2.26. The number of ether oxygens (including phenoxy) is 2. The molecule has 0 spiro atoms. The molecular weight excluding hydrogens is 487 g/mol. The van der Waals surface area contributed by atoms with Crippen LogP contribution in [0.2, 0.25) is 0 Å². The SMILES string of the molecule is COc1ccc2ncc(F)c(C(O)CN3CCO[C@H](CNCc4ccc5c(n4)NC(=O)CS5)C3)c2n1. The van der Waals surface area contributed by atoms with Gasteiger partial charge in [0.05, 0.1) is 54.0 Å². The number of hydrogen-bond acceptors (Lipinski definition) is 10. The Labute approximate surface area is 211 Å². The molecule has 3 aromatic heterocycles. The summed E-state index contributed by atoms with van der Waals surface area (Å²) in [4.78, 5) is 27.5. The van der Waals surface area contributed by atoms with E-state index in [9.17, 15) is 14.3 Å². The number of aromatic nitrogens is 3. The Hall–Kier alpha value is -2.90. The van der Waals surface area contributed by atoms with Crippen LogP contribution in [0.25, 0.3) is 11.0 Å². The molecule has 190 valence electrons. The van der Waals surface area contributed by atoms with Gasteiger partial charge in [0.2, 0.25) is 11.8 Å². The van der Waals surface area contributed by atoms with Crippen molar-refractivity contribution in [2.45, 2.75) is 23.6 Å². The van der Waals surface area contributed by atoms with E-state index in [4.69, 9.17) is 9.47 Å². The molecule has 5 heterocycles. The van der Waals surface area contributed by atoms with E-state index in [2.05, 4.69) is 30.5 Å². The number of pyridine rings is 3. The highest BCUT2D eigenvalue weighted by Crippen LogP contribution is 2.30. The summed E-state index contributed by atoms with van der Waals surface area (Å²) in [7, 11) is 1.48. The van der Waals surface area contributed by atoms with Crippen molar-refractivity contribution in [2.24, 2.45) is 0 Å². The fourth-order valence-electron chi connectivity index (χ4n) is 4.35. The summed E-state index contributed by atoms with van der Waals surface area (Å²) in [5.41, 5.74) is 1.72. The number of aliphatic hydroxyl groups is 1. The minimum absolute atomic E-state index is 0.0439. The topological polar surface area (TPSA) is 122 Å². The van der Waals surface area contributed by atoms with Crippen molar-refractivity contribution in [3.8, 4) is 5.88 Å². The van der Waals surface area contributed by atoms with Crippen LogP contribution in [-0.2, 0) is 16.1 Å². The van der Waals surface area contributed by atoms with E-state index in [0.717, 1.165) is 16.8 Å². The molecule has 2 aliphatic rings. The summed E-state index contributed by atoms with van der Waals surface area (Å²) >= 11 is 1.48. The monoisotopic (exact) mass is 514 g/mol. The molecule has 0 radical (unpaired) electrons. The second kappa shape index (κ2) is 11.0. The van der Waals surface area contributed by atoms with Crippen molar-refractivity contribution in [3.63, 3.8) is 0 Å². The molecule has 2 aliphatic heterocycles. The number of hydrogen-bond donors (Lipinski definition) is 3. The molecule has 0 bridgehead atoms. The van der Waals surface area contributed by atoms with E-state index in [1.807, 2.05) is 12.1 Å². The Bertz CT molecular complexity index is 1260. The highest BCUT2D eigenvalue weighted by molar-refractivity contribution is 8.00. The third-order valence-electron chi connectivity index (χ3n) is 6.08. The van der Waals surface area contributed by atoms with E-state index in [-0.39, 0.29) is 24.1 Å². The lowest BCUT2D eigenvalue weighted by Gasteiger charge is -2.34. The number of anilines is 1. The maximum Gasteiger partial charge on any atom is 0.235 e. The number of amides is 1. The van der Waals surface area contributed by atoms with Crippen LogP contribution < -0.4 is 15.4 Å². The van der Waals surface area contributed by atoms with Gasteiger partial charge in [-0.2, -0.15) is 0 Å². The van der Waals surface area contributed by atoms with E-state index in [1.54, 1.807) is 12.1 Å². The van der Waals surface area contributed by atoms with Crippen LogP contribution in [0.15, 0.2) is 35.4 Å². The molecule has 1 unspecified atom stereocenters. The molecule has 0 aromatic carbocycles. The summed E-state index contributed by atoms with van der Waals surface area (Å²) in [6.45, 7) is 3.05. The van der Waals surface area contributed by atoms with Gasteiger partial charge in [-0.1, -0.05) is 0 Å². The average molecular weight is 515 g/mol. The van der Waals surface area contributed by atoms with Crippen LogP contribution in [0, 0.1) is 5.82 Å². The first-order valence-corrected chi connectivity index (χ1v) is 12.6. The lowest BCUT2D eigenvalue weighted by atomic mass is 10.1. The van der Waals surface area contributed by atoms with Gasteiger partial charge < -0.3 is 25.2 Å². The van der Waals surface area contributed by atoms with Gasteiger partial charge in [-0.05, 0) is 18.2 Å². The molecule has 0 saturated carbocycles. The number of morpholine rings is 1. The van der Waals surface area contributed by atoms with E-state index < -0.39 is 11.9 Å². The summed E-state index contributed by atoms with van der Waals surface area (Å²) in [5.74, 6) is 0.695. The summed E-state index contributed by atoms with van der Waals surface area (Å²) in [6.07, 6.45) is -0.0781. The molecule has 5 rings (SSSR count). The van der Waals surface area contributed by atoms with E-state index >= 15 is 0 Å². The first-order valence-electron chi connectivity index (χ1n) is 11.6. The van der Waals surface area contributed by atoms with Gasteiger partial charge in [-0.3, -0.25) is 14.7 Å². The molecule has 3 aromatic rings. The zero-order chi connectivity index (χ0) is 25.1. The molecular formula is C24H27FN6O4S. The number of β-amino-alcohol motifs (C(OH)–C–C–N with tert-alkyl or cyclic N) is 1. The van der Waals surface area contributed by atoms with Gasteiger partial charge in [0.15, 0.2) is 0 Å². The van der Waals surface area contributed by atoms with Gasteiger partial charge in [0.25, 0.3) is 0 Å². The second-order valence-electron chi connectivity index (χ2n) is 8.63. The highest BCUT2D eigenvalue weighted by atomic mass is 32.2. The third-order valence-corrected chi connectivity index (χ3v) is 7.13. The van der Waals surface area contributed by atoms with Crippen LogP contribution in [0.4, 0.5) is 10.2 Å². The second-order valence-corrected chi connectivity index (χ2v) is 9.64. The maximum absolute atomic E-state index is 14.7. The predicted octanol–water partition coefficient (Wildman–Crippen LogP) is 1.74. The minimum Gasteiger partial charge on any atom is -0.481 e. The van der Waals surface area contributed by atoms with Crippen LogP contribution in [0.5, 0.6) is 5.88 Å². The molecule has 36 heavy (non-hydrogen) atoms. The van der Waals surface area contributed by atoms with Crippen molar-refractivity contribution in [3.05, 3.63) is 47.5 Å². The summed E-state index contributed by atoms with van der Waals surface area (Å²) < 4.78 is 25.7. The minimum atomic E-state index is -1.09. The van der Waals surface area contributed by atoms with Gasteiger partial charge >= 0.3 is 0 Å². The van der Waals surface area contributed by atoms with Gasteiger partial charge in [-0.25, -0.2) is 14.4 Å². The van der Waals surface area contributed by atoms with Crippen molar-refractivity contribution in [1.82, 2.24) is 25.2 Å². The molecule has 0 aliphatic carbocycles. The van der Waals surface area contributed by atoms with Crippen LogP contribution in [-0.4, -0.2) is 82.6 Å². The Kier molecular flexibility index (Phi) is 7.58. The van der Waals surface area contributed by atoms with Crippen LogP contribution >= 0.6 is 11.8 Å². The molecule has 1 saturated heterocycles. The van der Waals surface area contributed by atoms with Crippen LogP contribution in [0.1, 0.15) is 17.4 Å². The number of rotatable bonds is 8. The lowest BCUT2D eigenvalue weighted by Crippen LogP contribution is -2.47. The molecule has 12 heteroatoms. The number of halogens is 1. The quantitative estimate of drug-likeness (QED) is 0.410. The average Bonchev–Trinajstić information content (AvgIpc) is 2.88. The van der Waals surface area contributed by atoms with Crippen molar-refractivity contribution in [1.29, 1.82) is 0 Å². The number of carbonyl (C=O) groups is 1. The third kappa shape index (κ3) is 5.57. The maximum atomic E-state index is 14.7. The Balaban J connectivity index is 1.18. The van der Waals surface area contributed by atoms with Crippen molar-refractivity contribution < 1.29 is 23.8 Å². The standard InChI is InChI=1S/C24H27FN6O4S/c1-34-21-5-3-17-23(30-21)22(16(25)10-27-17)18(32)12-31-6-7-35-15(11-31)9-26-8-14-2-4-19-24(28-14)29-20(33)13-36-19/h2-5,10,15,18,26,32H,6-9,11-13H2,1H3,(H,28,29,33)/t15-,18?/m1/s1. The fraction of sp³-hybridized carbons (Fsp3) is 0.417. The lowest BCUT2D eigenvalue weighted by molar-refractivity contribution is -0.113. The van der Waals surface area contributed by atoms with Crippen molar-refractivity contribution >= 4 is 34.5 Å². The molecule has 10 nitrogen and oxygen atoms in total. The van der Waals surface area contributed by atoms with E-state index in [0.29, 0.717) is 61.3 Å². The Morgan fingerprint density at radius 1 is 1.36 bits per heavy atom. The summed E-state index contributed by atoms with van der Waals surface area (Å²) in [6, 6.07) is 7.25. The fourth-order valence-corrected chi connectivity index (χ4v) is 5.10. The Morgan fingerprint density at radius 2 is 2.25 bits per heavy atom. The normalized spacial score (nSPS) is 19.1.